The Morgan fingerprint density at radius 3 is 1.42 bits per heavy atom. The highest BCUT2D eigenvalue weighted by atomic mass is 32.2. The van der Waals surface area contributed by atoms with Crippen molar-refractivity contribution in [3.05, 3.63) is 177 Å². The lowest BCUT2D eigenvalue weighted by molar-refractivity contribution is -0.146. The first-order valence-corrected chi connectivity index (χ1v) is 29.0. The highest BCUT2D eigenvalue weighted by Gasteiger charge is 2.61. The van der Waals surface area contributed by atoms with Gasteiger partial charge < -0.3 is 28.1 Å². The molecule has 4 aromatic carbocycles. The number of imidazole rings is 2. The lowest BCUT2D eigenvalue weighted by atomic mass is 9.85. The first kappa shape index (κ1) is 52.6. The van der Waals surface area contributed by atoms with Crippen molar-refractivity contribution >= 4 is 46.2 Å². The zero-order valence-corrected chi connectivity index (χ0v) is 47.4. The second-order valence-electron chi connectivity index (χ2n) is 23.8. The molecule has 0 radical (unpaired) electrons. The van der Waals surface area contributed by atoms with Crippen LogP contribution in [0.25, 0.3) is 22.1 Å². The quantitative estimate of drug-likeness (QED) is 0.108. The SMILES string of the molecule is CCOC(=O)[C@H]1[C@@H]2Cc3cc(OCc4ccc5c(c4)C(c4cccc6c4ncn6C)CC5(C)C)ncc3[C@@H]21.CCOC(=O)[C@H]1[C@@H]2Cc3cc(OCc4ccc5c(c4)C(c4cccc6c4ncn6C)CC5(C)C)ncc3[C@@H]21.CSF. The van der Waals surface area contributed by atoms with E-state index in [0.717, 1.165) is 47.8 Å². The molecule has 4 heterocycles. The highest BCUT2D eigenvalue weighted by Crippen LogP contribution is 2.63. The molecule has 2 saturated carbocycles. The number of carbonyl (C=O) groups is 2. The number of halogens is 1. The summed E-state index contributed by atoms with van der Waals surface area (Å²) in [6.07, 6.45) is 12.9. The van der Waals surface area contributed by atoms with Crippen molar-refractivity contribution in [1.82, 2.24) is 29.1 Å². The summed E-state index contributed by atoms with van der Waals surface area (Å²) in [5.41, 5.74) is 20.1. The van der Waals surface area contributed by atoms with E-state index < -0.39 is 0 Å². The van der Waals surface area contributed by atoms with Crippen LogP contribution in [-0.4, -0.2) is 60.5 Å². The Hall–Kier alpha value is -7.06. The topological polar surface area (TPSA) is 132 Å². The van der Waals surface area contributed by atoms with Crippen LogP contribution in [-0.2, 0) is 70.0 Å². The molecule has 0 spiro atoms. The Morgan fingerprint density at radius 2 is 1.01 bits per heavy atom. The summed E-state index contributed by atoms with van der Waals surface area (Å²) in [6.45, 7) is 14.9. The molecular formula is C65H69FN6O6S. The van der Waals surface area contributed by atoms with Gasteiger partial charge in [0.15, 0.2) is 0 Å². The predicted octanol–water partition coefficient (Wildman–Crippen LogP) is 12.9. The molecule has 408 valence electrons. The van der Waals surface area contributed by atoms with Crippen LogP contribution in [0.3, 0.4) is 0 Å². The Kier molecular flexibility index (Phi) is 13.7. The van der Waals surface area contributed by atoms with Crippen molar-refractivity contribution in [1.29, 1.82) is 0 Å². The molecule has 14 rings (SSSR count). The van der Waals surface area contributed by atoms with Gasteiger partial charge in [-0.15, -0.1) is 0 Å². The summed E-state index contributed by atoms with van der Waals surface area (Å²) in [4.78, 5) is 43.0. The van der Waals surface area contributed by atoms with Crippen molar-refractivity contribution in [3.63, 3.8) is 0 Å². The minimum Gasteiger partial charge on any atom is -0.473 e. The van der Waals surface area contributed by atoms with Gasteiger partial charge >= 0.3 is 11.9 Å². The molecule has 0 bridgehead atoms. The molecule has 14 heteroatoms. The maximum Gasteiger partial charge on any atom is 0.309 e. The van der Waals surface area contributed by atoms with E-state index in [1.807, 2.05) is 38.9 Å². The smallest absolute Gasteiger partial charge is 0.309 e. The first-order valence-electron chi connectivity index (χ1n) is 27.9. The normalized spacial score (nSPS) is 23.4. The van der Waals surface area contributed by atoms with E-state index in [1.54, 1.807) is 0 Å². The minimum absolute atomic E-state index is 0.0107. The van der Waals surface area contributed by atoms with Gasteiger partial charge in [0, 0.05) is 80.7 Å². The summed E-state index contributed by atoms with van der Waals surface area (Å²) in [5, 5.41) is 0. The van der Waals surface area contributed by atoms with Gasteiger partial charge in [0.25, 0.3) is 0 Å². The Labute approximate surface area is 466 Å². The monoisotopic (exact) mass is 1080 g/mol. The number of benzene rings is 4. The molecule has 6 aliphatic carbocycles. The maximum absolute atomic E-state index is 12.2. The van der Waals surface area contributed by atoms with Gasteiger partial charge in [-0.3, -0.25) is 9.59 Å². The number of ether oxygens (including phenoxy) is 4. The number of carbonyl (C=O) groups excluding carboxylic acids is 2. The molecule has 79 heavy (non-hydrogen) atoms. The summed E-state index contributed by atoms with van der Waals surface area (Å²) in [7, 11) is 4.10. The predicted molar refractivity (Wildman–Crippen MR) is 305 cm³/mol. The molecule has 0 amide bonds. The molecule has 8 atom stereocenters. The Bertz CT molecular complexity index is 3440. The van der Waals surface area contributed by atoms with Crippen LogP contribution in [0, 0.1) is 23.7 Å². The third-order valence-electron chi connectivity index (χ3n) is 18.0. The second kappa shape index (κ2) is 20.6. The average Bonchev–Trinajstić information content (AvgIpc) is 3.76. The number of rotatable bonds is 12. The summed E-state index contributed by atoms with van der Waals surface area (Å²) >= 11 is 0.250. The van der Waals surface area contributed by atoms with Gasteiger partial charge in [0.2, 0.25) is 11.8 Å². The maximum atomic E-state index is 12.2. The lowest BCUT2D eigenvalue weighted by Crippen LogP contribution is -2.12. The van der Waals surface area contributed by atoms with Crippen LogP contribution in [0.1, 0.15) is 145 Å². The van der Waals surface area contributed by atoms with Gasteiger partial charge in [-0.05, 0) is 141 Å². The number of hydrogen-bond acceptors (Lipinski definition) is 11. The van der Waals surface area contributed by atoms with Crippen molar-refractivity contribution in [2.75, 3.05) is 19.5 Å². The number of aromatic nitrogens is 6. The lowest BCUT2D eigenvalue weighted by Gasteiger charge is -2.19. The van der Waals surface area contributed by atoms with Gasteiger partial charge in [-0.1, -0.05) is 88.4 Å². The van der Waals surface area contributed by atoms with Crippen LogP contribution in [0.4, 0.5) is 3.89 Å². The molecule has 0 aliphatic heterocycles. The van der Waals surface area contributed by atoms with Crippen molar-refractivity contribution < 1.29 is 32.4 Å². The molecule has 0 N–H and O–H groups in total. The number of pyridine rings is 2. The van der Waals surface area contributed by atoms with Crippen molar-refractivity contribution in [2.24, 2.45) is 37.8 Å². The van der Waals surface area contributed by atoms with Gasteiger partial charge in [-0.2, -0.15) is 3.89 Å². The van der Waals surface area contributed by atoms with Crippen molar-refractivity contribution in [2.45, 2.75) is 115 Å². The molecule has 2 unspecified atom stereocenters. The molecule has 4 aromatic heterocycles. The fourth-order valence-corrected chi connectivity index (χ4v) is 14.3. The zero-order valence-electron chi connectivity index (χ0n) is 46.6. The average molecular weight is 1080 g/mol. The summed E-state index contributed by atoms with van der Waals surface area (Å²) in [6, 6.07) is 30.8. The van der Waals surface area contributed by atoms with Crippen LogP contribution < -0.4 is 9.47 Å². The zero-order chi connectivity index (χ0) is 55.1. The van der Waals surface area contributed by atoms with E-state index in [2.05, 4.69) is 146 Å². The molecule has 2 fully saturated rings. The number of esters is 2. The summed E-state index contributed by atoms with van der Waals surface area (Å²) in [5.74, 6) is 3.05. The van der Waals surface area contributed by atoms with Crippen LogP contribution >= 0.6 is 12.1 Å². The van der Waals surface area contributed by atoms with Crippen LogP contribution in [0.5, 0.6) is 11.8 Å². The highest BCUT2D eigenvalue weighted by molar-refractivity contribution is 7.93. The second-order valence-corrected chi connectivity index (χ2v) is 24.1. The first-order chi connectivity index (χ1) is 38.1. The number of hydrogen-bond donors (Lipinski definition) is 0. The van der Waals surface area contributed by atoms with E-state index in [-0.39, 0.29) is 58.6 Å². The summed E-state index contributed by atoms with van der Waals surface area (Å²) < 4.78 is 37.3. The van der Waals surface area contributed by atoms with E-state index in [9.17, 15) is 13.5 Å². The van der Waals surface area contributed by atoms with Gasteiger partial charge in [0.1, 0.15) is 13.2 Å². The largest absolute Gasteiger partial charge is 0.473 e. The van der Waals surface area contributed by atoms with E-state index in [0.29, 0.717) is 61.9 Å². The van der Waals surface area contributed by atoms with E-state index in [4.69, 9.17) is 28.9 Å². The molecule has 8 aromatic rings. The molecular weight excluding hydrogens is 1010 g/mol. The minimum atomic E-state index is -0.0640. The van der Waals surface area contributed by atoms with Gasteiger partial charge in [0.05, 0.1) is 59.8 Å². The van der Waals surface area contributed by atoms with Crippen LogP contribution in [0.15, 0.2) is 110 Å². The molecule has 0 saturated heterocycles. The third-order valence-corrected chi connectivity index (χ3v) is 18.0. The Morgan fingerprint density at radius 1 is 0.595 bits per heavy atom. The fourth-order valence-electron chi connectivity index (χ4n) is 14.3. The van der Waals surface area contributed by atoms with Crippen molar-refractivity contribution in [3.8, 4) is 11.8 Å². The number of nitrogens with zero attached hydrogens (tertiary/aromatic N) is 6. The van der Waals surface area contributed by atoms with Gasteiger partial charge in [-0.25, -0.2) is 19.9 Å². The number of aryl methyl sites for hydroxylation is 2. The Balaban J connectivity index is 0.000000150. The third kappa shape index (κ3) is 9.44. The number of fused-ring (bicyclic) bond motifs is 10. The fraction of sp³-hybridized carbons (Fsp3) is 0.415. The number of para-hydroxylation sites is 2. The standard InChI is InChI=1S/2C32H33N3O3.CH3FS/c2*1-5-37-31(36)29-22-12-19-13-27(33-15-24(19)28(22)29)38-16-18-9-10-25-21(11-18)23(14-32(25,2)3)20-7-6-8-26-30(20)34-17-35(26)4;1-3-2/h2*6-11,13,15,17,22-23,28-29H,5,12,14,16H2,1-4H3;1H3/t2*22-,23?,28-,29+;/m11./s1. The molecule has 6 aliphatic rings. The van der Waals surface area contributed by atoms with E-state index in [1.165, 1.54) is 72.9 Å². The van der Waals surface area contributed by atoms with E-state index >= 15 is 0 Å². The van der Waals surface area contributed by atoms with Crippen LogP contribution in [0.2, 0.25) is 0 Å². The molecule has 12 nitrogen and oxygen atoms in total.